The largest absolute Gasteiger partial charge is 2.00 e. The first-order chi connectivity index (χ1) is 9.85. The molecule has 22 heavy (non-hydrogen) atoms. The van der Waals surface area contributed by atoms with Gasteiger partial charge in [-0.15, -0.1) is 0 Å². The van der Waals surface area contributed by atoms with Crippen LogP contribution in [0, 0.1) is 38.5 Å². The van der Waals surface area contributed by atoms with Crippen LogP contribution in [0.4, 0.5) is 0 Å². The summed E-state index contributed by atoms with van der Waals surface area (Å²) in [5.41, 5.74) is 1.02. The number of hydrogen-bond donors (Lipinski definition) is 1. The van der Waals surface area contributed by atoms with E-state index >= 15 is 0 Å². The molecule has 1 N–H and O–H groups in total. The number of carbonyl (C=O) groups excluding carboxylic acids is 1. The van der Waals surface area contributed by atoms with Gasteiger partial charge in [-0.05, 0) is 12.0 Å². The van der Waals surface area contributed by atoms with E-state index in [1.54, 1.807) is 4.90 Å². The maximum absolute atomic E-state index is 10.8. The van der Waals surface area contributed by atoms with E-state index in [0.717, 1.165) is 24.7 Å². The number of hydrogen-bond acceptors (Lipinski definition) is 4. The number of aliphatic hydroxyl groups is 1. The molecule has 0 aliphatic carbocycles. The molecule has 1 aliphatic heterocycles. The Kier molecular flexibility index (Phi) is 14.6. The molecule has 1 unspecified atom stereocenters. The van der Waals surface area contributed by atoms with Gasteiger partial charge in [0.15, 0.2) is 0 Å². The van der Waals surface area contributed by atoms with Crippen LogP contribution in [-0.2, 0) is 16.1 Å². The third kappa shape index (κ3) is 6.89. The van der Waals surface area contributed by atoms with Crippen LogP contribution in [0.3, 0.4) is 0 Å². The molecule has 0 aromatic heterocycles. The van der Waals surface area contributed by atoms with Crippen LogP contribution in [0.15, 0.2) is 42.5 Å². The van der Waals surface area contributed by atoms with Crippen LogP contribution in [0.25, 0.3) is 0 Å². The molecule has 120 valence electrons. The SMILES string of the molecule is CC.O=[C-]C1CCCN1C(=CO)OCc1ccccc1.[CH3-].[U+2]. The van der Waals surface area contributed by atoms with Crippen LogP contribution < -0.4 is 0 Å². The van der Waals surface area contributed by atoms with Gasteiger partial charge in [0.2, 0.25) is 5.88 Å². The fourth-order valence-electron chi connectivity index (χ4n) is 2.08. The van der Waals surface area contributed by atoms with Gasteiger partial charge in [0.05, 0.1) is 0 Å². The zero-order valence-corrected chi connectivity index (χ0v) is 17.7. The maximum atomic E-state index is 10.8. The standard InChI is InChI=1S/C14H16NO3.C2H6.CH3.U/c16-9-13-7-4-8-15(13)14(10-17)18-11-12-5-2-1-3-6-12;1-2;;/h1-3,5-6,10,13,17H,4,7-8,11H2;1-2H3;1H3;/q-1;;-1;+2. The average Bonchev–Trinajstić information content (AvgIpc) is 2.99. The molecule has 1 fully saturated rings. The van der Waals surface area contributed by atoms with Gasteiger partial charge in [0.1, 0.15) is 12.9 Å². The smallest absolute Gasteiger partial charge is 0.540 e. The molecule has 1 atom stereocenters. The number of benzene rings is 1. The fraction of sp³-hybridized carbons (Fsp3) is 0.412. The predicted molar refractivity (Wildman–Crippen MR) is 85.1 cm³/mol. The minimum Gasteiger partial charge on any atom is -0.540 e. The van der Waals surface area contributed by atoms with E-state index in [1.807, 2.05) is 50.5 Å². The molecule has 1 aromatic rings. The molecule has 1 saturated heterocycles. The number of nitrogens with zero attached hydrogens (tertiary/aromatic N) is 1. The number of aliphatic hydroxyl groups excluding tert-OH is 1. The summed E-state index contributed by atoms with van der Waals surface area (Å²) >= 11 is 0. The molecule has 2 rings (SSSR count). The van der Waals surface area contributed by atoms with Crippen molar-refractivity contribution >= 4 is 6.29 Å². The number of rotatable bonds is 5. The minimum absolute atomic E-state index is 0. The minimum atomic E-state index is -0.306. The van der Waals surface area contributed by atoms with Crippen molar-refractivity contribution in [1.29, 1.82) is 0 Å². The van der Waals surface area contributed by atoms with Gasteiger partial charge in [-0.1, -0.05) is 56.6 Å². The molecular formula is C17H25NO3U. The summed E-state index contributed by atoms with van der Waals surface area (Å²) in [7, 11) is 0. The van der Waals surface area contributed by atoms with E-state index in [2.05, 4.69) is 0 Å². The molecule has 0 spiro atoms. The molecule has 4 nitrogen and oxygen atoms in total. The second-order valence-electron chi connectivity index (χ2n) is 4.21. The predicted octanol–water partition coefficient (Wildman–Crippen LogP) is 3.61. The van der Waals surface area contributed by atoms with E-state index in [0.29, 0.717) is 19.0 Å². The third-order valence-electron chi connectivity index (χ3n) is 3.01. The van der Waals surface area contributed by atoms with Crippen LogP contribution in [0.1, 0.15) is 32.3 Å². The van der Waals surface area contributed by atoms with Gasteiger partial charge < -0.3 is 27.0 Å². The Bertz CT molecular complexity index is 423. The zero-order valence-electron chi connectivity index (χ0n) is 13.6. The van der Waals surface area contributed by atoms with Crippen LogP contribution in [0.2, 0.25) is 0 Å². The molecule has 0 amide bonds. The second-order valence-corrected chi connectivity index (χ2v) is 4.21. The summed E-state index contributed by atoms with van der Waals surface area (Å²) < 4.78 is 5.55. The van der Waals surface area contributed by atoms with Crippen molar-refractivity contribution in [2.75, 3.05) is 6.54 Å². The van der Waals surface area contributed by atoms with Gasteiger partial charge in [0.25, 0.3) is 0 Å². The van der Waals surface area contributed by atoms with Crippen LogP contribution in [-0.4, -0.2) is 28.9 Å². The van der Waals surface area contributed by atoms with E-state index in [4.69, 9.17) is 4.74 Å². The average molecular weight is 529 g/mol. The van der Waals surface area contributed by atoms with Crippen molar-refractivity contribution in [2.45, 2.75) is 39.3 Å². The molecule has 1 aromatic carbocycles. The quantitative estimate of drug-likeness (QED) is 0.468. The van der Waals surface area contributed by atoms with Crippen molar-refractivity contribution in [1.82, 2.24) is 4.90 Å². The van der Waals surface area contributed by atoms with Gasteiger partial charge >= 0.3 is 31.1 Å². The third-order valence-corrected chi connectivity index (χ3v) is 3.01. The zero-order chi connectivity index (χ0) is 14.8. The summed E-state index contributed by atoms with van der Waals surface area (Å²) in [6.45, 7) is 5.08. The van der Waals surface area contributed by atoms with Gasteiger partial charge in [-0.2, -0.15) is 0 Å². The molecule has 0 saturated carbocycles. The van der Waals surface area contributed by atoms with Crippen LogP contribution in [0.5, 0.6) is 0 Å². The maximum Gasteiger partial charge on any atom is 2.00 e. The van der Waals surface area contributed by atoms with E-state index < -0.39 is 0 Å². The Morgan fingerprint density at radius 1 is 1.41 bits per heavy atom. The Labute approximate surface area is 157 Å². The molecule has 1 heterocycles. The Hall–Kier alpha value is -0.918. The summed E-state index contributed by atoms with van der Waals surface area (Å²) in [5.74, 6) is 0.338. The van der Waals surface area contributed by atoms with Gasteiger partial charge in [-0.3, -0.25) is 0 Å². The molecule has 1 aliphatic rings. The molecule has 5 heteroatoms. The van der Waals surface area contributed by atoms with Gasteiger partial charge in [-0.25, -0.2) is 6.29 Å². The monoisotopic (exact) mass is 529 g/mol. The van der Waals surface area contributed by atoms with Crippen molar-refractivity contribution in [3.05, 3.63) is 55.5 Å². The normalized spacial score (nSPS) is 16.5. The Morgan fingerprint density at radius 2 is 2.05 bits per heavy atom. The first-order valence-corrected chi connectivity index (χ1v) is 7.00. The number of likely N-dealkylation sites (tertiary alicyclic amines) is 1. The summed E-state index contributed by atoms with van der Waals surface area (Å²) in [4.78, 5) is 12.5. The first-order valence-electron chi connectivity index (χ1n) is 7.00. The van der Waals surface area contributed by atoms with Crippen LogP contribution >= 0.6 is 0 Å². The van der Waals surface area contributed by atoms with E-state index in [9.17, 15) is 9.90 Å². The van der Waals surface area contributed by atoms with Crippen molar-refractivity contribution in [3.63, 3.8) is 0 Å². The molecule has 0 radical (unpaired) electrons. The Balaban J connectivity index is 0. The van der Waals surface area contributed by atoms with Crippen molar-refractivity contribution in [3.8, 4) is 0 Å². The van der Waals surface area contributed by atoms with E-state index in [-0.39, 0.29) is 44.6 Å². The topological polar surface area (TPSA) is 49.8 Å². The van der Waals surface area contributed by atoms with Crippen molar-refractivity contribution < 1.29 is 45.8 Å². The molecular weight excluding hydrogens is 504 g/mol. The number of ether oxygens (including phenoxy) is 1. The summed E-state index contributed by atoms with van der Waals surface area (Å²) in [6, 6.07) is 9.38. The molecule has 0 bridgehead atoms. The summed E-state index contributed by atoms with van der Waals surface area (Å²) in [6.07, 6.45) is 4.55. The fourth-order valence-corrected chi connectivity index (χ4v) is 2.08. The van der Waals surface area contributed by atoms with E-state index in [1.165, 1.54) is 0 Å². The van der Waals surface area contributed by atoms with Gasteiger partial charge in [0, 0.05) is 6.54 Å². The summed E-state index contributed by atoms with van der Waals surface area (Å²) in [5, 5.41) is 9.22. The van der Waals surface area contributed by atoms with Crippen molar-refractivity contribution in [2.24, 2.45) is 0 Å². The first kappa shape index (κ1) is 23.3. The second kappa shape index (κ2) is 13.7. The Morgan fingerprint density at radius 3 is 2.59 bits per heavy atom.